The summed E-state index contributed by atoms with van der Waals surface area (Å²) in [4.78, 5) is 8.88. The zero-order chi connectivity index (χ0) is 15.6. The monoisotopic (exact) mass is 330 g/mol. The van der Waals surface area contributed by atoms with Crippen molar-refractivity contribution in [2.24, 2.45) is 5.73 Å². The number of hydrogen-bond acceptors (Lipinski definition) is 7. The maximum Gasteiger partial charge on any atom is 0.137 e. The first-order chi connectivity index (χ1) is 11.3. The zero-order valence-electron chi connectivity index (χ0n) is 12.6. The summed E-state index contributed by atoms with van der Waals surface area (Å²) < 4.78 is 5.47. The highest BCUT2D eigenvalue weighted by atomic mass is 32.2. The van der Waals surface area contributed by atoms with Crippen LogP contribution in [0.15, 0.2) is 41.8 Å². The lowest BCUT2D eigenvalue weighted by Gasteiger charge is -2.30. The van der Waals surface area contributed by atoms with Gasteiger partial charge in [0.2, 0.25) is 0 Å². The number of aromatic nitrogens is 3. The molecule has 0 amide bonds. The van der Waals surface area contributed by atoms with Crippen molar-refractivity contribution in [3.05, 3.63) is 47.4 Å². The molecule has 0 spiro atoms. The van der Waals surface area contributed by atoms with Gasteiger partial charge in [-0.2, -0.15) is 5.10 Å². The maximum absolute atomic E-state index is 6.42. The van der Waals surface area contributed by atoms with Crippen molar-refractivity contribution in [3.8, 4) is 0 Å². The van der Waals surface area contributed by atoms with Crippen molar-refractivity contribution in [1.29, 1.82) is 0 Å². The third kappa shape index (κ3) is 2.69. The lowest BCUT2D eigenvalue weighted by atomic mass is 10.2. The van der Waals surface area contributed by atoms with Crippen molar-refractivity contribution in [2.75, 3.05) is 31.2 Å². The molecule has 2 aromatic rings. The molecular formula is C15H18N6OS. The number of thioether (sulfide) groups is 1. The number of pyridine rings is 1. The first-order valence-electron chi connectivity index (χ1n) is 7.53. The van der Waals surface area contributed by atoms with Gasteiger partial charge in [-0.15, -0.1) is 0 Å². The Morgan fingerprint density at radius 3 is 2.87 bits per heavy atom. The normalized spacial score (nSPS) is 22.0. The van der Waals surface area contributed by atoms with E-state index in [9.17, 15) is 0 Å². The number of hydrogen-bond donors (Lipinski definition) is 2. The van der Waals surface area contributed by atoms with Gasteiger partial charge in [0.05, 0.1) is 30.1 Å². The van der Waals surface area contributed by atoms with Crippen LogP contribution in [0.3, 0.4) is 0 Å². The van der Waals surface area contributed by atoms with E-state index in [0.29, 0.717) is 0 Å². The van der Waals surface area contributed by atoms with Crippen LogP contribution in [0.1, 0.15) is 5.56 Å². The molecule has 1 atom stereocenters. The Bertz CT molecular complexity index is 683. The number of anilines is 1. The molecule has 3 N–H and O–H groups in total. The van der Waals surface area contributed by atoms with Crippen molar-refractivity contribution in [3.63, 3.8) is 0 Å². The maximum atomic E-state index is 6.42. The average Bonchev–Trinajstić information content (AvgIpc) is 3.24. The van der Waals surface area contributed by atoms with Crippen LogP contribution in [-0.2, 0) is 4.74 Å². The fourth-order valence-corrected chi connectivity index (χ4v) is 4.04. The van der Waals surface area contributed by atoms with Gasteiger partial charge in [0.25, 0.3) is 0 Å². The van der Waals surface area contributed by atoms with Crippen LogP contribution in [0.25, 0.3) is 5.70 Å². The Kier molecular flexibility index (Phi) is 3.94. The Balaban J connectivity index is 1.80. The number of nitrogens with zero attached hydrogens (tertiary/aromatic N) is 4. The van der Waals surface area contributed by atoms with Gasteiger partial charge in [0.1, 0.15) is 11.3 Å². The summed E-state index contributed by atoms with van der Waals surface area (Å²) in [5.41, 5.74) is 8.27. The van der Waals surface area contributed by atoms with Crippen LogP contribution in [-0.4, -0.2) is 51.9 Å². The Hall–Kier alpha value is -2.03. The molecule has 2 aromatic heterocycles. The Morgan fingerprint density at radius 2 is 2.17 bits per heavy atom. The highest BCUT2D eigenvalue weighted by Crippen LogP contribution is 2.44. The van der Waals surface area contributed by atoms with Crippen LogP contribution in [0.2, 0.25) is 0 Å². The highest BCUT2D eigenvalue weighted by Gasteiger charge is 2.36. The van der Waals surface area contributed by atoms with E-state index in [0.717, 1.165) is 48.4 Å². The molecular weight excluding hydrogens is 312 g/mol. The third-order valence-corrected chi connectivity index (χ3v) is 5.02. The Morgan fingerprint density at radius 1 is 1.30 bits per heavy atom. The molecule has 2 aliphatic heterocycles. The largest absolute Gasteiger partial charge is 0.378 e. The molecule has 2 aliphatic rings. The molecule has 4 rings (SSSR count). The first-order valence-corrected chi connectivity index (χ1v) is 8.41. The molecule has 0 bridgehead atoms. The van der Waals surface area contributed by atoms with Crippen LogP contribution < -0.4 is 10.6 Å². The SMILES string of the molecule is NC1SC(N2CCOCC2)=C(c2cn[nH]c2)N1c1ccccn1. The minimum Gasteiger partial charge on any atom is -0.378 e. The average molecular weight is 330 g/mol. The Labute approximate surface area is 138 Å². The molecule has 1 unspecified atom stereocenters. The standard InChI is InChI=1S/C15H18N6OS/c16-15-21(12-3-1-2-4-17-12)13(11-9-18-19-10-11)14(23-15)20-5-7-22-8-6-20/h1-4,9-10,15H,5-8,16H2,(H,18,19). The van der Waals surface area contributed by atoms with E-state index >= 15 is 0 Å². The van der Waals surface area contributed by atoms with Gasteiger partial charge in [-0.25, -0.2) is 4.98 Å². The van der Waals surface area contributed by atoms with Gasteiger partial charge in [-0.05, 0) is 12.1 Å². The minimum absolute atomic E-state index is 0.215. The third-order valence-electron chi connectivity index (χ3n) is 3.90. The van der Waals surface area contributed by atoms with E-state index in [2.05, 4.69) is 25.0 Å². The predicted octanol–water partition coefficient (Wildman–Crippen LogP) is 1.26. The lowest BCUT2D eigenvalue weighted by molar-refractivity contribution is 0.0579. The molecule has 0 aliphatic carbocycles. The molecule has 7 nitrogen and oxygen atoms in total. The number of nitrogens with two attached hydrogens (primary N) is 1. The summed E-state index contributed by atoms with van der Waals surface area (Å²) in [6, 6.07) is 5.85. The molecule has 1 saturated heterocycles. The van der Waals surface area contributed by atoms with Crippen molar-refractivity contribution in [2.45, 2.75) is 5.50 Å². The van der Waals surface area contributed by atoms with Crippen LogP contribution in [0, 0.1) is 0 Å². The van der Waals surface area contributed by atoms with Crippen molar-refractivity contribution >= 4 is 23.3 Å². The summed E-state index contributed by atoms with van der Waals surface area (Å²) in [6.45, 7) is 3.21. The van der Waals surface area contributed by atoms with E-state index in [1.54, 1.807) is 18.0 Å². The van der Waals surface area contributed by atoms with Crippen LogP contribution in [0.4, 0.5) is 5.82 Å². The first kappa shape index (κ1) is 14.6. The number of aromatic amines is 1. The summed E-state index contributed by atoms with van der Waals surface area (Å²) in [6.07, 6.45) is 5.50. The number of ether oxygens (including phenoxy) is 1. The topological polar surface area (TPSA) is 83.3 Å². The summed E-state index contributed by atoms with van der Waals surface area (Å²) in [7, 11) is 0. The molecule has 120 valence electrons. The molecule has 23 heavy (non-hydrogen) atoms. The van der Waals surface area contributed by atoms with Gasteiger partial charge in [-0.1, -0.05) is 17.8 Å². The molecule has 0 radical (unpaired) electrons. The molecule has 0 saturated carbocycles. The van der Waals surface area contributed by atoms with Crippen molar-refractivity contribution in [1.82, 2.24) is 20.1 Å². The second-order valence-electron chi connectivity index (χ2n) is 5.31. The second-order valence-corrected chi connectivity index (χ2v) is 6.41. The molecule has 8 heteroatoms. The fraction of sp³-hybridized carbons (Fsp3) is 0.333. The number of morpholine rings is 1. The van der Waals surface area contributed by atoms with E-state index in [1.807, 2.05) is 30.6 Å². The minimum atomic E-state index is -0.215. The fourth-order valence-electron chi connectivity index (χ4n) is 2.83. The highest BCUT2D eigenvalue weighted by molar-refractivity contribution is 8.04. The van der Waals surface area contributed by atoms with Gasteiger partial charge >= 0.3 is 0 Å². The molecule has 4 heterocycles. The zero-order valence-corrected chi connectivity index (χ0v) is 13.4. The summed E-state index contributed by atoms with van der Waals surface area (Å²) >= 11 is 1.65. The predicted molar refractivity (Wildman–Crippen MR) is 90.2 cm³/mol. The van der Waals surface area contributed by atoms with E-state index in [4.69, 9.17) is 10.5 Å². The van der Waals surface area contributed by atoms with Crippen molar-refractivity contribution < 1.29 is 4.74 Å². The van der Waals surface area contributed by atoms with Gasteiger partial charge < -0.3 is 15.4 Å². The summed E-state index contributed by atoms with van der Waals surface area (Å²) in [5, 5.41) is 8.15. The lowest BCUT2D eigenvalue weighted by Crippen LogP contribution is -2.35. The summed E-state index contributed by atoms with van der Waals surface area (Å²) in [5.74, 6) is 0.840. The second kappa shape index (κ2) is 6.23. The van der Waals surface area contributed by atoms with E-state index < -0.39 is 0 Å². The quantitative estimate of drug-likeness (QED) is 0.876. The van der Waals surface area contributed by atoms with Gasteiger partial charge in [0.15, 0.2) is 0 Å². The molecule has 1 fully saturated rings. The van der Waals surface area contributed by atoms with Crippen LogP contribution >= 0.6 is 11.8 Å². The number of H-pyrrole nitrogens is 1. The molecule has 0 aromatic carbocycles. The number of nitrogens with one attached hydrogen (secondary N) is 1. The van der Waals surface area contributed by atoms with E-state index in [1.165, 1.54) is 0 Å². The smallest absolute Gasteiger partial charge is 0.137 e. The van der Waals surface area contributed by atoms with Gasteiger partial charge in [0, 0.05) is 31.0 Å². The number of rotatable bonds is 3. The van der Waals surface area contributed by atoms with E-state index in [-0.39, 0.29) is 5.50 Å². The van der Waals surface area contributed by atoms with Crippen LogP contribution in [0.5, 0.6) is 0 Å². The van der Waals surface area contributed by atoms with Gasteiger partial charge in [-0.3, -0.25) is 10.00 Å².